The first-order valence-electron chi connectivity index (χ1n) is 13.1. The number of pyridine rings is 1. The Balaban J connectivity index is 1.03. The maximum Gasteiger partial charge on any atom is 0.270 e. The number of nitrogens with one attached hydrogen (secondary N) is 2. The van der Waals surface area contributed by atoms with Gasteiger partial charge in [0.25, 0.3) is 11.8 Å². The Hall–Kier alpha value is -1.91. The van der Waals surface area contributed by atoms with E-state index in [4.69, 9.17) is 0 Å². The molecule has 0 atom stereocenters. The third-order valence-electron chi connectivity index (χ3n) is 10.1. The topological polar surface area (TPSA) is 71.1 Å². The average Bonchev–Trinajstić information content (AvgIpc) is 2.71. The van der Waals surface area contributed by atoms with E-state index in [1.54, 1.807) is 18.3 Å². The third kappa shape index (κ3) is 3.21. The summed E-state index contributed by atoms with van der Waals surface area (Å²) in [6.45, 7) is 0. The minimum absolute atomic E-state index is 0.000384. The Bertz CT molecular complexity index is 805. The predicted molar refractivity (Wildman–Crippen MR) is 121 cm³/mol. The molecule has 8 bridgehead atoms. The van der Waals surface area contributed by atoms with E-state index >= 15 is 0 Å². The number of carbonyl (C=O) groups is 2. The maximum atomic E-state index is 13.1. The van der Waals surface area contributed by atoms with Crippen LogP contribution < -0.4 is 10.6 Å². The van der Waals surface area contributed by atoms with Crippen LogP contribution in [0.2, 0.25) is 0 Å². The van der Waals surface area contributed by atoms with E-state index in [2.05, 4.69) is 15.6 Å². The average molecular weight is 434 g/mol. The zero-order valence-electron chi connectivity index (χ0n) is 18.9. The van der Waals surface area contributed by atoms with Crippen LogP contribution in [0.25, 0.3) is 0 Å². The van der Waals surface area contributed by atoms with Crippen molar-refractivity contribution in [3.8, 4) is 0 Å². The van der Waals surface area contributed by atoms with Gasteiger partial charge in [-0.3, -0.25) is 14.6 Å². The first-order chi connectivity index (χ1) is 15.4. The lowest BCUT2D eigenvalue weighted by Gasteiger charge is -2.57. The molecule has 8 fully saturated rings. The molecule has 32 heavy (non-hydrogen) atoms. The number of hydrogen-bond acceptors (Lipinski definition) is 3. The van der Waals surface area contributed by atoms with Gasteiger partial charge in [-0.1, -0.05) is 0 Å². The second-order valence-corrected chi connectivity index (χ2v) is 12.7. The normalized spacial score (nSPS) is 45.1. The summed E-state index contributed by atoms with van der Waals surface area (Å²) in [7, 11) is 0. The zero-order chi connectivity index (χ0) is 21.5. The molecule has 0 radical (unpaired) electrons. The molecular weight excluding hydrogens is 398 g/mol. The van der Waals surface area contributed by atoms with Crippen LogP contribution in [0.3, 0.4) is 0 Å². The summed E-state index contributed by atoms with van der Waals surface area (Å²) < 4.78 is 0. The molecule has 0 aromatic carbocycles. The van der Waals surface area contributed by atoms with E-state index in [0.29, 0.717) is 11.3 Å². The molecular formula is C27H35N3O2. The summed E-state index contributed by atoms with van der Waals surface area (Å²) >= 11 is 0. The van der Waals surface area contributed by atoms with E-state index in [1.165, 1.54) is 38.5 Å². The lowest BCUT2D eigenvalue weighted by atomic mass is 9.53. The Morgan fingerprint density at radius 1 is 0.656 bits per heavy atom. The Morgan fingerprint density at radius 3 is 1.44 bits per heavy atom. The molecule has 8 saturated carbocycles. The zero-order valence-corrected chi connectivity index (χ0v) is 18.9. The van der Waals surface area contributed by atoms with Crippen molar-refractivity contribution in [1.29, 1.82) is 0 Å². The first-order valence-corrected chi connectivity index (χ1v) is 13.1. The SMILES string of the molecule is O=C(NC12CC3CC(CC(C3)C1)C2)c1ccc(C(=O)NC23CC4CC(CC(C4)C2)C3)nc1. The van der Waals surface area contributed by atoms with E-state index in [0.717, 1.165) is 74.0 Å². The summed E-state index contributed by atoms with van der Waals surface area (Å²) in [5.41, 5.74) is 1.00. The highest BCUT2D eigenvalue weighted by molar-refractivity contribution is 5.96. The van der Waals surface area contributed by atoms with Gasteiger partial charge >= 0.3 is 0 Å². The molecule has 0 aliphatic heterocycles. The van der Waals surface area contributed by atoms with Crippen molar-refractivity contribution in [2.24, 2.45) is 35.5 Å². The molecule has 0 saturated heterocycles. The van der Waals surface area contributed by atoms with Gasteiger partial charge in [0.2, 0.25) is 0 Å². The van der Waals surface area contributed by atoms with Crippen LogP contribution in [0.15, 0.2) is 18.3 Å². The van der Waals surface area contributed by atoms with Crippen LogP contribution in [0.1, 0.15) is 97.9 Å². The van der Waals surface area contributed by atoms with E-state index < -0.39 is 0 Å². The first kappa shape index (κ1) is 19.5. The van der Waals surface area contributed by atoms with Crippen LogP contribution in [-0.2, 0) is 0 Å². The predicted octanol–water partition coefficient (Wildman–Crippen LogP) is 4.48. The lowest BCUT2D eigenvalue weighted by molar-refractivity contribution is -0.0172. The monoisotopic (exact) mass is 433 g/mol. The highest BCUT2D eigenvalue weighted by atomic mass is 16.2. The fourth-order valence-corrected chi connectivity index (χ4v) is 9.81. The Morgan fingerprint density at radius 2 is 1.06 bits per heavy atom. The molecule has 2 amide bonds. The molecule has 0 spiro atoms. The standard InChI is InChI=1S/C27H35N3O2/c31-24(29-26-9-16-3-17(10-26)5-18(4-16)11-26)22-1-2-23(28-15-22)25(32)30-27-12-19-6-20(13-27)8-21(7-19)14-27/h1-2,15-21H,3-14H2,(H,29,31)(H,30,32). The Labute approximate surface area is 190 Å². The summed E-state index contributed by atoms with van der Waals surface area (Å²) in [6, 6.07) is 3.53. The second kappa shape index (κ2) is 6.80. The van der Waals surface area contributed by atoms with Crippen LogP contribution >= 0.6 is 0 Å². The fraction of sp³-hybridized carbons (Fsp3) is 0.741. The highest BCUT2D eigenvalue weighted by Crippen LogP contribution is 2.56. The van der Waals surface area contributed by atoms with Crippen LogP contribution in [0, 0.1) is 35.5 Å². The molecule has 9 rings (SSSR count). The van der Waals surface area contributed by atoms with E-state index in [-0.39, 0.29) is 22.9 Å². The summed E-state index contributed by atoms with van der Waals surface area (Å²) in [6.07, 6.45) is 16.6. The van der Waals surface area contributed by atoms with Crippen LogP contribution in [-0.4, -0.2) is 27.9 Å². The summed E-state index contributed by atoms with van der Waals surface area (Å²) in [5, 5.41) is 6.80. The molecule has 8 aliphatic carbocycles. The van der Waals surface area contributed by atoms with Gasteiger partial charge < -0.3 is 10.6 Å². The molecule has 170 valence electrons. The molecule has 1 aromatic heterocycles. The number of rotatable bonds is 4. The third-order valence-corrected chi connectivity index (χ3v) is 10.1. The smallest absolute Gasteiger partial charge is 0.270 e. The van der Waals surface area contributed by atoms with E-state index in [1.807, 2.05) is 0 Å². The number of aromatic nitrogens is 1. The minimum atomic E-state index is -0.0695. The van der Waals surface area contributed by atoms with Gasteiger partial charge in [0, 0.05) is 17.3 Å². The molecule has 2 N–H and O–H groups in total. The van der Waals surface area contributed by atoms with Gasteiger partial charge in [-0.2, -0.15) is 0 Å². The van der Waals surface area contributed by atoms with Crippen molar-refractivity contribution >= 4 is 11.8 Å². The van der Waals surface area contributed by atoms with Gasteiger partial charge in [0.15, 0.2) is 0 Å². The van der Waals surface area contributed by atoms with E-state index in [9.17, 15) is 9.59 Å². The van der Waals surface area contributed by atoms with Gasteiger partial charge in [0.05, 0.1) is 5.56 Å². The van der Waals surface area contributed by atoms with Crippen molar-refractivity contribution < 1.29 is 9.59 Å². The summed E-state index contributed by atoms with van der Waals surface area (Å²) in [4.78, 5) is 30.5. The number of nitrogens with zero attached hydrogens (tertiary/aromatic N) is 1. The number of hydrogen-bond donors (Lipinski definition) is 2. The van der Waals surface area contributed by atoms with Gasteiger partial charge in [-0.25, -0.2) is 0 Å². The number of carbonyl (C=O) groups excluding carboxylic acids is 2. The maximum absolute atomic E-state index is 13.1. The van der Waals surface area contributed by atoms with Crippen LogP contribution in [0.4, 0.5) is 0 Å². The van der Waals surface area contributed by atoms with Crippen molar-refractivity contribution in [3.63, 3.8) is 0 Å². The highest BCUT2D eigenvalue weighted by Gasteiger charge is 2.52. The molecule has 8 aliphatic rings. The van der Waals surface area contributed by atoms with Crippen molar-refractivity contribution in [2.75, 3.05) is 0 Å². The molecule has 1 aromatic rings. The van der Waals surface area contributed by atoms with Crippen molar-refractivity contribution in [2.45, 2.75) is 88.1 Å². The van der Waals surface area contributed by atoms with Crippen molar-refractivity contribution in [3.05, 3.63) is 29.6 Å². The van der Waals surface area contributed by atoms with Gasteiger partial charge in [-0.05, 0) is 125 Å². The minimum Gasteiger partial charge on any atom is -0.347 e. The van der Waals surface area contributed by atoms with Gasteiger partial charge in [0.1, 0.15) is 5.69 Å². The molecule has 5 nitrogen and oxygen atoms in total. The lowest BCUT2D eigenvalue weighted by Crippen LogP contribution is -2.60. The van der Waals surface area contributed by atoms with Crippen molar-refractivity contribution in [1.82, 2.24) is 15.6 Å². The summed E-state index contributed by atoms with van der Waals surface area (Å²) in [5.74, 6) is 4.70. The Kier molecular flexibility index (Phi) is 4.16. The quantitative estimate of drug-likeness (QED) is 0.735. The molecule has 1 heterocycles. The molecule has 5 heteroatoms. The largest absolute Gasteiger partial charge is 0.347 e. The van der Waals surface area contributed by atoms with Crippen LogP contribution in [0.5, 0.6) is 0 Å². The number of amides is 2. The fourth-order valence-electron chi connectivity index (χ4n) is 9.81. The molecule has 0 unspecified atom stereocenters. The van der Waals surface area contributed by atoms with Gasteiger partial charge in [-0.15, -0.1) is 0 Å². The second-order valence-electron chi connectivity index (χ2n) is 12.7.